The lowest BCUT2D eigenvalue weighted by molar-refractivity contribution is -0.0321. The highest BCUT2D eigenvalue weighted by molar-refractivity contribution is 5.31. The molecule has 0 aromatic heterocycles. The van der Waals surface area contributed by atoms with Crippen molar-refractivity contribution in [2.45, 2.75) is 37.9 Å². The predicted octanol–water partition coefficient (Wildman–Crippen LogP) is 2.08. The number of rotatable bonds is 7. The van der Waals surface area contributed by atoms with Crippen molar-refractivity contribution < 1.29 is 9.84 Å². The summed E-state index contributed by atoms with van der Waals surface area (Å²) in [6.45, 7) is 6.14. The molecule has 1 fully saturated rings. The fourth-order valence-electron chi connectivity index (χ4n) is 3.88. The van der Waals surface area contributed by atoms with Crippen molar-refractivity contribution >= 4 is 0 Å². The van der Waals surface area contributed by atoms with Crippen molar-refractivity contribution in [2.24, 2.45) is 0 Å². The Labute approximate surface area is 151 Å². The van der Waals surface area contributed by atoms with Crippen LogP contribution in [0.25, 0.3) is 0 Å². The fourth-order valence-corrected chi connectivity index (χ4v) is 3.88. The van der Waals surface area contributed by atoms with Crippen molar-refractivity contribution in [1.82, 2.24) is 9.80 Å². The number of fused-ring (bicyclic) bond motifs is 1. The largest absolute Gasteiger partial charge is 0.389 e. The van der Waals surface area contributed by atoms with Gasteiger partial charge >= 0.3 is 0 Å². The lowest BCUT2D eigenvalue weighted by atomic mass is 9.89. The summed E-state index contributed by atoms with van der Waals surface area (Å²) in [7, 11) is 0. The molecule has 0 bridgehead atoms. The van der Waals surface area contributed by atoms with Gasteiger partial charge in [-0.25, -0.2) is 0 Å². The molecule has 3 rings (SSSR count). The van der Waals surface area contributed by atoms with Crippen LogP contribution in [0.5, 0.6) is 0 Å². The Morgan fingerprint density at radius 1 is 1.20 bits per heavy atom. The van der Waals surface area contributed by atoms with Crippen molar-refractivity contribution in [2.75, 3.05) is 45.9 Å². The molecule has 1 aliphatic heterocycles. The van der Waals surface area contributed by atoms with Crippen LogP contribution in [0.3, 0.4) is 0 Å². The number of β-amino-alcohol motifs (C(OH)–C–C–N with tert-alkyl or cyclic N) is 1. The van der Waals surface area contributed by atoms with Crippen LogP contribution in [0.1, 0.15) is 36.5 Å². The highest BCUT2D eigenvalue weighted by atomic mass is 16.5. The number of nitrogens with zero attached hydrogens (tertiary/aromatic N) is 2. The van der Waals surface area contributed by atoms with Gasteiger partial charge in [0.05, 0.1) is 18.8 Å². The van der Waals surface area contributed by atoms with E-state index in [1.807, 2.05) is 0 Å². The molecule has 1 heterocycles. The number of ether oxygens (including phenoxy) is 1. The SMILES string of the molecule is C#CCCN1CCN(CC(O)COC2CCCc3ccccc32)CC1. The number of aliphatic hydroxyl groups excluding tert-OH is 1. The van der Waals surface area contributed by atoms with Crippen LogP contribution in [-0.2, 0) is 11.2 Å². The Morgan fingerprint density at radius 3 is 2.76 bits per heavy atom. The monoisotopic (exact) mass is 342 g/mol. The molecule has 2 atom stereocenters. The summed E-state index contributed by atoms with van der Waals surface area (Å²) in [5.41, 5.74) is 2.71. The van der Waals surface area contributed by atoms with Crippen LogP contribution >= 0.6 is 0 Å². The van der Waals surface area contributed by atoms with Crippen molar-refractivity contribution in [3.63, 3.8) is 0 Å². The topological polar surface area (TPSA) is 35.9 Å². The Morgan fingerprint density at radius 2 is 1.96 bits per heavy atom. The zero-order chi connectivity index (χ0) is 17.5. The van der Waals surface area contributed by atoms with Crippen LogP contribution in [0.15, 0.2) is 24.3 Å². The first-order chi connectivity index (χ1) is 12.3. The second kappa shape index (κ2) is 9.35. The number of terminal acetylenes is 1. The van der Waals surface area contributed by atoms with Gasteiger partial charge in [0.1, 0.15) is 0 Å². The number of aliphatic hydroxyl groups is 1. The minimum Gasteiger partial charge on any atom is -0.389 e. The fraction of sp³-hybridized carbons (Fsp3) is 0.619. The Hall–Kier alpha value is -1.38. The summed E-state index contributed by atoms with van der Waals surface area (Å²) in [6, 6.07) is 8.54. The minimum absolute atomic E-state index is 0.139. The van der Waals surface area contributed by atoms with Gasteiger partial charge in [0.15, 0.2) is 0 Å². The van der Waals surface area contributed by atoms with Crippen molar-refractivity contribution in [1.29, 1.82) is 0 Å². The number of aryl methyl sites for hydroxylation is 1. The molecule has 1 aromatic rings. The van der Waals surface area contributed by atoms with E-state index in [4.69, 9.17) is 11.2 Å². The van der Waals surface area contributed by atoms with Crippen molar-refractivity contribution in [3.05, 3.63) is 35.4 Å². The average Bonchev–Trinajstić information content (AvgIpc) is 2.66. The Balaban J connectivity index is 1.39. The second-order valence-electron chi connectivity index (χ2n) is 7.16. The zero-order valence-electron chi connectivity index (χ0n) is 15.1. The zero-order valence-corrected chi connectivity index (χ0v) is 15.1. The minimum atomic E-state index is -0.425. The van der Waals surface area contributed by atoms with Gasteiger partial charge in [-0.05, 0) is 30.4 Å². The van der Waals surface area contributed by atoms with E-state index >= 15 is 0 Å². The molecule has 1 aromatic carbocycles. The van der Waals surface area contributed by atoms with Crippen LogP contribution in [0, 0.1) is 12.3 Å². The molecule has 0 saturated carbocycles. The van der Waals surface area contributed by atoms with Gasteiger partial charge in [-0.15, -0.1) is 12.3 Å². The van der Waals surface area contributed by atoms with Crippen LogP contribution in [-0.4, -0.2) is 66.9 Å². The molecule has 1 saturated heterocycles. The maximum absolute atomic E-state index is 10.4. The van der Waals surface area contributed by atoms with Gasteiger partial charge in [-0.3, -0.25) is 9.80 Å². The van der Waals surface area contributed by atoms with Gasteiger partial charge in [-0.1, -0.05) is 24.3 Å². The van der Waals surface area contributed by atoms with Crippen molar-refractivity contribution in [3.8, 4) is 12.3 Å². The molecule has 1 aliphatic carbocycles. The molecule has 0 spiro atoms. The van der Waals surface area contributed by atoms with E-state index < -0.39 is 6.10 Å². The van der Waals surface area contributed by atoms with Gasteiger partial charge in [0.25, 0.3) is 0 Å². The molecule has 4 nitrogen and oxygen atoms in total. The molecule has 2 aliphatic rings. The van der Waals surface area contributed by atoms with E-state index in [1.165, 1.54) is 11.1 Å². The summed E-state index contributed by atoms with van der Waals surface area (Å²) >= 11 is 0. The maximum atomic E-state index is 10.4. The molecule has 136 valence electrons. The smallest absolute Gasteiger partial charge is 0.0900 e. The van der Waals surface area contributed by atoms with E-state index in [0.29, 0.717) is 13.2 Å². The normalized spacial score (nSPS) is 23.0. The Bertz CT molecular complexity index is 576. The first-order valence-corrected chi connectivity index (χ1v) is 9.52. The molecule has 4 heteroatoms. The Kier molecular flexibility index (Phi) is 6.89. The van der Waals surface area contributed by atoms with Crippen LogP contribution < -0.4 is 0 Å². The lowest BCUT2D eigenvalue weighted by Gasteiger charge is -2.35. The summed E-state index contributed by atoms with van der Waals surface area (Å²) < 4.78 is 6.08. The first kappa shape index (κ1) is 18.4. The third-order valence-electron chi connectivity index (χ3n) is 5.31. The highest BCUT2D eigenvalue weighted by Gasteiger charge is 2.23. The van der Waals surface area contributed by atoms with Gasteiger partial charge < -0.3 is 9.84 Å². The summed E-state index contributed by atoms with van der Waals surface area (Å²) in [4.78, 5) is 4.73. The number of benzene rings is 1. The average molecular weight is 342 g/mol. The number of piperazine rings is 1. The van der Waals surface area contributed by atoms with Gasteiger partial charge in [0.2, 0.25) is 0 Å². The van der Waals surface area contributed by atoms with E-state index in [-0.39, 0.29) is 6.10 Å². The first-order valence-electron chi connectivity index (χ1n) is 9.52. The van der Waals surface area contributed by atoms with E-state index in [9.17, 15) is 5.11 Å². The molecule has 2 unspecified atom stereocenters. The summed E-state index contributed by atoms with van der Waals surface area (Å²) in [6.07, 6.45) is 9.22. The highest BCUT2D eigenvalue weighted by Crippen LogP contribution is 2.32. The summed E-state index contributed by atoms with van der Waals surface area (Å²) in [5.74, 6) is 2.70. The van der Waals surface area contributed by atoms with Gasteiger partial charge in [-0.2, -0.15) is 0 Å². The molecule has 25 heavy (non-hydrogen) atoms. The lowest BCUT2D eigenvalue weighted by Crippen LogP contribution is -2.49. The molecular weight excluding hydrogens is 312 g/mol. The quantitative estimate of drug-likeness (QED) is 0.770. The van der Waals surface area contributed by atoms with Crippen LogP contribution in [0.2, 0.25) is 0 Å². The van der Waals surface area contributed by atoms with E-state index in [0.717, 1.165) is 58.4 Å². The molecule has 1 N–H and O–H groups in total. The number of hydrogen-bond donors (Lipinski definition) is 1. The second-order valence-corrected chi connectivity index (χ2v) is 7.16. The standard InChI is InChI=1S/C21H30N2O2/c1-2-3-11-22-12-14-23(15-13-22)16-19(24)17-25-21-10-6-8-18-7-4-5-9-20(18)21/h1,4-5,7,9,19,21,24H,3,6,8,10-17H2. The molecule has 0 amide bonds. The maximum Gasteiger partial charge on any atom is 0.0900 e. The molecular formula is C21H30N2O2. The molecule has 0 radical (unpaired) electrons. The van der Waals surface area contributed by atoms with E-state index in [1.54, 1.807) is 0 Å². The third kappa shape index (κ3) is 5.29. The predicted molar refractivity (Wildman–Crippen MR) is 100 cm³/mol. The summed E-state index contributed by atoms with van der Waals surface area (Å²) in [5, 5.41) is 10.4. The van der Waals surface area contributed by atoms with Crippen LogP contribution in [0.4, 0.5) is 0 Å². The van der Waals surface area contributed by atoms with Gasteiger partial charge in [0, 0.05) is 45.7 Å². The number of hydrogen-bond acceptors (Lipinski definition) is 4. The van der Waals surface area contributed by atoms with E-state index in [2.05, 4.69) is 40.0 Å². The third-order valence-corrected chi connectivity index (χ3v) is 5.31.